The van der Waals surface area contributed by atoms with Crippen molar-refractivity contribution in [3.05, 3.63) is 30.1 Å². The van der Waals surface area contributed by atoms with Crippen LogP contribution in [-0.2, 0) is 11.0 Å². The number of aryl methyl sites for hydroxylation is 1. The van der Waals surface area contributed by atoms with Crippen molar-refractivity contribution in [1.29, 1.82) is 0 Å². The second-order valence-electron chi connectivity index (χ2n) is 4.27. The zero-order valence-electron chi connectivity index (χ0n) is 9.77. The molecule has 2 aromatic rings. The summed E-state index contributed by atoms with van der Waals surface area (Å²) < 4.78 is 12.4. The molecule has 0 saturated heterocycles. The van der Waals surface area contributed by atoms with Crippen molar-refractivity contribution in [3.63, 3.8) is 0 Å². The molecule has 2 rings (SSSR count). The quantitative estimate of drug-likeness (QED) is 0.749. The molecule has 4 heteroatoms. The zero-order chi connectivity index (χ0) is 11.8. The van der Waals surface area contributed by atoms with Crippen molar-refractivity contribution in [3.8, 4) is 0 Å². The second kappa shape index (κ2) is 3.99. The summed E-state index contributed by atoms with van der Waals surface area (Å²) in [5.74, 6) is 0. The van der Waals surface area contributed by atoms with Crippen molar-refractivity contribution < 1.29 is 4.57 Å². The van der Waals surface area contributed by atoms with Crippen LogP contribution >= 0.6 is 7.14 Å². The Hall–Kier alpha value is -1.21. The minimum atomic E-state index is -2.29. The van der Waals surface area contributed by atoms with E-state index in [9.17, 15) is 4.57 Å². The number of fused-ring (bicyclic) bond motifs is 1. The first-order valence-corrected chi connectivity index (χ1v) is 7.92. The molecular formula is C12H15N2OP. The van der Waals surface area contributed by atoms with Gasteiger partial charge in [-0.1, -0.05) is 19.1 Å². The third kappa shape index (κ3) is 1.88. The van der Waals surface area contributed by atoms with E-state index in [0.29, 0.717) is 0 Å². The van der Waals surface area contributed by atoms with Gasteiger partial charge in [0.2, 0.25) is 0 Å². The minimum Gasteiger partial charge on any atom is -0.319 e. The minimum absolute atomic E-state index is 0.888. The van der Waals surface area contributed by atoms with Gasteiger partial charge in [0.25, 0.3) is 0 Å². The molecule has 0 spiro atoms. The third-order valence-electron chi connectivity index (χ3n) is 2.70. The van der Waals surface area contributed by atoms with Crippen LogP contribution in [0.25, 0.3) is 10.8 Å². The first-order valence-electron chi connectivity index (χ1n) is 5.32. The van der Waals surface area contributed by atoms with Gasteiger partial charge in [-0.05, 0) is 25.3 Å². The fourth-order valence-electron chi connectivity index (χ4n) is 2.02. The maximum absolute atomic E-state index is 12.4. The van der Waals surface area contributed by atoms with Crippen LogP contribution in [0.2, 0.25) is 0 Å². The summed E-state index contributed by atoms with van der Waals surface area (Å²) in [6.45, 7) is 5.69. The molecule has 16 heavy (non-hydrogen) atoms. The summed E-state index contributed by atoms with van der Waals surface area (Å²) in [7, 11) is -2.29. The Kier molecular flexibility index (Phi) is 2.81. The fraction of sp³-hybridized carbons (Fsp3) is 0.333. The van der Waals surface area contributed by atoms with Gasteiger partial charge in [0.1, 0.15) is 7.14 Å². The number of hydrogen-bond donors (Lipinski definition) is 0. The molecule has 0 unspecified atom stereocenters. The molecule has 0 radical (unpaired) electrons. The van der Waals surface area contributed by atoms with Crippen LogP contribution in [0.5, 0.6) is 0 Å². The van der Waals surface area contributed by atoms with Crippen LogP contribution < -0.4 is 5.30 Å². The number of nitrogens with zero attached hydrogens (tertiary/aromatic N) is 2. The lowest BCUT2D eigenvalue weighted by atomic mass is 10.1. The molecule has 1 aromatic carbocycles. The highest BCUT2D eigenvalue weighted by Gasteiger charge is 2.18. The molecule has 0 N–H and O–H groups in total. The summed E-state index contributed by atoms with van der Waals surface area (Å²) in [6, 6.07) is 4.06. The van der Waals surface area contributed by atoms with Gasteiger partial charge in [-0.25, -0.2) is 0 Å². The van der Waals surface area contributed by atoms with E-state index in [1.165, 1.54) is 0 Å². The predicted molar refractivity (Wildman–Crippen MR) is 68.0 cm³/mol. The summed E-state index contributed by atoms with van der Waals surface area (Å²) in [5, 5.41) is 10.7. The van der Waals surface area contributed by atoms with Crippen LogP contribution in [0.3, 0.4) is 0 Å². The number of aromatic nitrogens is 2. The molecule has 1 aromatic heterocycles. The van der Waals surface area contributed by atoms with Gasteiger partial charge < -0.3 is 4.57 Å². The van der Waals surface area contributed by atoms with Crippen LogP contribution in [0.15, 0.2) is 24.5 Å². The van der Waals surface area contributed by atoms with E-state index in [4.69, 9.17) is 0 Å². The van der Waals surface area contributed by atoms with Crippen molar-refractivity contribution in [1.82, 2.24) is 10.2 Å². The highest BCUT2D eigenvalue weighted by molar-refractivity contribution is 7.70. The van der Waals surface area contributed by atoms with Crippen molar-refractivity contribution in [2.24, 2.45) is 0 Å². The molecule has 3 nitrogen and oxygen atoms in total. The predicted octanol–water partition coefficient (Wildman–Crippen LogP) is 2.44. The highest BCUT2D eigenvalue weighted by atomic mass is 31.2. The zero-order valence-corrected chi connectivity index (χ0v) is 10.7. The second-order valence-corrected chi connectivity index (χ2v) is 7.42. The average Bonchev–Trinajstić information content (AvgIpc) is 2.26. The first-order chi connectivity index (χ1) is 7.54. The van der Waals surface area contributed by atoms with Gasteiger partial charge in [0, 0.05) is 16.1 Å². The first kappa shape index (κ1) is 11.3. The third-order valence-corrected chi connectivity index (χ3v) is 4.31. The maximum atomic E-state index is 12.4. The normalized spacial score (nSPS) is 11.9. The topological polar surface area (TPSA) is 42.9 Å². The van der Waals surface area contributed by atoms with Crippen LogP contribution in [0.4, 0.5) is 0 Å². The van der Waals surface area contributed by atoms with Crippen molar-refractivity contribution >= 4 is 23.2 Å². The Bertz CT molecular complexity index is 574. The van der Waals surface area contributed by atoms with E-state index >= 15 is 0 Å². The summed E-state index contributed by atoms with van der Waals surface area (Å²) in [6.07, 6.45) is 4.32. The van der Waals surface area contributed by atoms with E-state index < -0.39 is 7.14 Å². The van der Waals surface area contributed by atoms with E-state index in [2.05, 4.69) is 17.1 Å². The van der Waals surface area contributed by atoms with Gasteiger partial charge in [-0.3, -0.25) is 0 Å². The highest BCUT2D eigenvalue weighted by Crippen LogP contribution is 2.39. The molecule has 0 aliphatic carbocycles. The van der Waals surface area contributed by atoms with Gasteiger partial charge in [-0.15, -0.1) is 0 Å². The molecule has 0 aliphatic rings. The Morgan fingerprint density at radius 3 is 2.50 bits per heavy atom. The standard InChI is InChI=1S/C12H15N2OP/c1-4-9-5-6-10-7-13-14-8-11(10)12(9)16(2,3)15/h5-8H,4H2,1-3H3. The van der Waals surface area contributed by atoms with E-state index in [1.54, 1.807) is 25.7 Å². The monoisotopic (exact) mass is 234 g/mol. The number of benzene rings is 1. The maximum Gasteiger partial charge on any atom is 0.110 e. The van der Waals surface area contributed by atoms with Gasteiger partial charge in [0.15, 0.2) is 0 Å². The summed E-state index contributed by atoms with van der Waals surface area (Å²) in [5.41, 5.74) is 1.15. The Morgan fingerprint density at radius 2 is 1.88 bits per heavy atom. The lowest BCUT2D eigenvalue weighted by molar-refractivity contribution is 0.588. The average molecular weight is 234 g/mol. The van der Waals surface area contributed by atoms with Crippen LogP contribution in [-0.4, -0.2) is 23.5 Å². The van der Waals surface area contributed by atoms with Gasteiger partial charge in [0.05, 0.1) is 12.4 Å². The molecule has 0 fully saturated rings. The lowest BCUT2D eigenvalue weighted by Gasteiger charge is -2.15. The molecule has 0 bridgehead atoms. The fourth-order valence-corrected chi connectivity index (χ4v) is 3.72. The molecule has 84 valence electrons. The number of rotatable bonds is 2. The van der Waals surface area contributed by atoms with E-state index in [0.717, 1.165) is 28.1 Å². The Morgan fingerprint density at radius 1 is 1.19 bits per heavy atom. The molecule has 1 heterocycles. The number of hydrogen-bond acceptors (Lipinski definition) is 3. The van der Waals surface area contributed by atoms with Crippen molar-refractivity contribution in [2.75, 3.05) is 13.3 Å². The largest absolute Gasteiger partial charge is 0.319 e. The Labute approximate surface area is 95.3 Å². The molecular weight excluding hydrogens is 219 g/mol. The molecule has 0 aliphatic heterocycles. The van der Waals surface area contributed by atoms with Gasteiger partial charge in [-0.2, -0.15) is 10.2 Å². The molecule has 0 atom stereocenters. The Balaban J connectivity index is 2.89. The van der Waals surface area contributed by atoms with E-state index in [1.807, 2.05) is 12.1 Å². The summed E-state index contributed by atoms with van der Waals surface area (Å²) in [4.78, 5) is 0. The van der Waals surface area contributed by atoms with Gasteiger partial charge >= 0.3 is 0 Å². The summed E-state index contributed by atoms with van der Waals surface area (Å²) >= 11 is 0. The molecule has 0 amide bonds. The SMILES string of the molecule is CCc1ccc2cnncc2c1P(C)(C)=O. The smallest absolute Gasteiger partial charge is 0.110 e. The van der Waals surface area contributed by atoms with Crippen LogP contribution in [0.1, 0.15) is 12.5 Å². The van der Waals surface area contributed by atoms with E-state index in [-0.39, 0.29) is 0 Å². The molecule has 0 saturated carbocycles. The van der Waals surface area contributed by atoms with Crippen molar-refractivity contribution in [2.45, 2.75) is 13.3 Å². The lowest BCUT2D eigenvalue weighted by Crippen LogP contribution is -2.11. The van der Waals surface area contributed by atoms with Crippen LogP contribution in [0, 0.1) is 0 Å².